The number of rotatable bonds is 3. The number of pyridine rings is 1. The van der Waals surface area contributed by atoms with Crippen LogP contribution in [0.2, 0.25) is 0 Å². The molecule has 1 N–H and O–H groups in total. The predicted octanol–water partition coefficient (Wildman–Crippen LogP) is 6.45. The Balaban J connectivity index is 1.54. The van der Waals surface area contributed by atoms with Crippen LogP contribution >= 0.6 is 11.8 Å². The van der Waals surface area contributed by atoms with Crippen molar-refractivity contribution in [2.24, 2.45) is 0 Å². The molecule has 2 amide bonds. The Hall–Kier alpha value is -3.28. The highest BCUT2D eigenvalue weighted by atomic mass is 32.2. The summed E-state index contributed by atoms with van der Waals surface area (Å²) in [6, 6.07) is 8.25. The van der Waals surface area contributed by atoms with Crippen molar-refractivity contribution >= 4 is 33.8 Å². The first-order valence-corrected chi connectivity index (χ1v) is 11.2. The zero-order chi connectivity index (χ0) is 25.1. The van der Waals surface area contributed by atoms with Gasteiger partial charge in [0.15, 0.2) is 0 Å². The summed E-state index contributed by atoms with van der Waals surface area (Å²) < 4.78 is 86.4. The molecule has 182 valence electrons. The lowest BCUT2D eigenvalue weighted by atomic mass is 9.97. The second kappa shape index (κ2) is 8.14. The van der Waals surface area contributed by atoms with Crippen molar-refractivity contribution in [3.05, 3.63) is 64.8 Å². The number of nitrogens with one attached hydrogen (secondary N) is 1. The number of carbonyl (C=O) groups excluding carboxylic acids is 2. The minimum atomic E-state index is -4.99. The number of nitrogens with zero attached hydrogens (tertiary/aromatic N) is 1. The standard InChI is InChI=1S/C23H14F6N2O3S/c24-22(25,26)15-3-1-2-14-16(9-17(23(27,28)29)30-18(14)15)34-11-5-7-12-10(8-11)4-6-13(12)19-20(32)31-21(33)35-19/h1-3,5,7-9,13,19H,4,6H2,(H,31,32,33)/t13-,19?/m1/s1. The minimum absolute atomic E-state index is 0.127. The Morgan fingerprint density at radius 1 is 1.00 bits per heavy atom. The summed E-state index contributed by atoms with van der Waals surface area (Å²) in [5, 5.41) is 1.04. The molecule has 1 fully saturated rings. The van der Waals surface area contributed by atoms with E-state index in [1.807, 2.05) is 0 Å². The maximum absolute atomic E-state index is 13.5. The molecule has 5 nitrogen and oxygen atoms in total. The fourth-order valence-electron chi connectivity index (χ4n) is 4.44. The van der Waals surface area contributed by atoms with E-state index in [1.165, 1.54) is 12.1 Å². The van der Waals surface area contributed by atoms with Gasteiger partial charge in [0, 0.05) is 17.4 Å². The molecule has 0 spiro atoms. The summed E-state index contributed by atoms with van der Waals surface area (Å²) in [6.45, 7) is 0. The molecule has 1 aromatic heterocycles. The third kappa shape index (κ3) is 4.30. The minimum Gasteiger partial charge on any atom is -0.457 e. The van der Waals surface area contributed by atoms with Crippen molar-refractivity contribution < 1.29 is 40.7 Å². The number of amides is 2. The van der Waals surface area contributed by atoms with Gasteiger partial charge in [-0.3, -0.25) is 14.9 Å². The van der Waals surface area contributed by atoms with Crippen molar-refractivity contribution in [2.45, 2.75) is 36.4 Å². The summed E-state index contributed by atoms with van der Waals surface area (Å²) >= 11 is 0.914. The number of hydrogen-bond donors (Lipinski definition) is 1. The van der Waals surface area contributed by atoms with Crippen LogP contribution in [0.4, 0.5) is 31.1 Å². The van der Waals surface area contributed by atoms with Crippen molar-refractivity contribution in [1.29, 1.82) is 0 Å². The van der Waals surface area contributed by atoms with Crippen LogP contribution < -0.4 is 10.1 Å². The maximum Gasteiger partial charge on any atom is 0.433 e. The van der Waals surface area contributed by atoms with Gasteiger partial charge in [0.05, 0.1) is 11.1 Å². The molecule has 35 heavy (non-hydrogen) atoms. The predicted molar refractivity (Wildman–Crippen MR) is 114 cm³/mol. The molecular formula is C23H14F6N2O3S. The molecule has 0 saturated carbocycles. The molecule has 0 radical (unpaired) electrons. The van der Waals surface area contributed by atoms with Crippen LogP contribution in [0.5, 0.6) is 11.5 Å². The maximum atomic E-state index is 13.5. The number of halogens is 6. The van der Waals surface area contributed by atoms with Gasteiger partial charge < -0.3 is 4.74 Å². The molecular weight excluding hydrogens is 498 g/mol. The molecule has 5 rings (SSSR count). The van der Waals surface area contributed by atoms with Gasteiger partial charge in [-0.15, -0.1) is 0 Å². The molecule has 2 heterocycles. The van der Waals surface area contributed by atoms with E-state index in [-0.39, 0.29) is 23.0 Å². The smallest absolute Gasteiger partial charge is 0.433 e. The first-order chi connectivity index (χ1) is 16.4. The molecule has 2 aliphatic rings. The number of imide groups is 1. The molecule has 3 aromatic rings. The molecule has 1 saturated heterocycles. The van der Waals surface area contributed by atoms with Gasteiger partial charge >= 0.3 is 12.4 Å². The van der Waals surface area contributed by atoms with Gasteiger partial charge in [-0.25, -0.2) is 4.98 Å². The van der Waals surface area contributed by atoms with Crippen LogP contribution in [-0.4, -0.2) is 21.4 Å². The largest absolute Gasteiger partial charge is 0.457 e. The van der Waals surface area contributed by atoms with Crippen molar-refractivity contribution in [3.63, 3.8) is 0 Å². The first kappa shape index (κ1) is 23.5. The fourth-order valence-corrected chi connectivity index (χ4v) is 5.45. The summed E-state index contributed by atoms with van der Waals surface area (Å²) in [6.07, 6.45) is -8.78. The van der Waals surface area contributed by atoms with Crippen molar-refractivity contribution in [2.75, 3.05) is 0 Å². The number of thioether (sulfide) groups is 1. The van der Waals surface area contributed by atoms with E-state index in [9.17, 15) is 35.9 Å². The van der Waals surface area contributed by atoms with E-state index < -0.39 is 45.4 Å². The molecule has 2 aromatic carbocycles. The van der Waals surface area contributed by atoms with E-state index in [0.717, 1.165) is 29.0 Å². The van der Waals surface area contributed by atoms with Crippen LogP contribution in [0, 0.1) is 0 Å². The van der Waals surface area contributed by atoms with Gasteiger partial charge in [-0.1, -0.05) is 23.9 Å². The molecule has 1 aliphatic heterocycles. The zero-order valence-corrected chi connectivity index (χ0v) is 18.3. The van der Waals surface area contributed by atoms with Crippen LogP contribution in [-0.2, 0) is 23.6 Å². The highest BCUT2D eigenvalue weighted by molar-refractivity contribution is 8.15. The second-order valence-electron chi connectivity index (χ2n) is 8.13. The number of benzene rings is 2. The number of carbonyl (C=O) groups is 2. The van der Waals surface area contributed by atoms with Crippen LogP contribution in [0.1, 0.15) is 34.7 Å². The van der Waals surface area contributed by atoms with E-state index in [2.05, 4.69) is 10.3 Å². The Morgan fingerprint density at radius 3 is 2.43 bits per heavy atom. The molecule has 2 atom stereocenters. The number of fused-ring (bicyclic) bond motifs is 2. The van der Waals surface area contributed by atoms with Crippen LogP contribution in [0.3, 0.4) is 0 Å². The lowest BCUT2D eigenvalue weighted by Crippen LogP contribution is -2.27. The van der Waals surface area contributed by atoms with E-state index in [1.54, 1.807) is 12.1 Å². The monoisotopic (exact) mass is 512 g/mol. The molecule has 12 heteroatoms. The fraction of sp³-hybridized carbons (Fsp3) is 0.261. The van der Waals surface area contributed by atoms with E-state index >= 15 is 0 Å². The quantitative estimate of drug-likeness (QED) is 0.409. The third-order valence-corrected chi connectivity index (χ3v) is 7.06. The summed E-state index contributed by atoms with van der Waals surface area (Å²) in [5.74, 6) is -0.883. The third-order valence-electron chi connectivity index (χ3n) is 5.95. The average Bonchev–Trinajstić information content (AvgIpc) is 3.33. The van der Waals surface area contributed by atoms with Crippen molar-refractivity contribution in [3.8, 4) is 11.5 Å². The number of hydrogen-bond acceptors (Lipinski definition) is 5. The Labute approximate surface area is 197 Å². The second-order valence-corrected chi connectivity index (χ2v) is 9.24. The number of aromatic nitrogens is 1. The SMILES string of the molecule is O=C1NC(=O)C([C@@H]2CCc3cc(Oc4cc(C(F)(F)F)nc5c(C(F)(F)F)cccc45)ccc32)S1. The van der Waals surface area contributed by atoms with E-state index in [4.69, 9.17) is 4.74 Å². The Bertz CT molecular complexity index is 1370. The zero-order valence-electron chi connectivity index (χ0n) is 17.5. The summed E-state index contributed by atoms with van der Waals surface area (Å²) in [7, 11) is 0. The summed E-state index contributed by atoms with van der Waals surface area (Å²) in [5.41, 5.74) is -2.07. The number of ether oxygens (including phenoxy) is 1. The Kier molecular flexibility index (Phi) is 5.46. The first-order valence-electron chi connectivity index (χ1n) is 10.3. The topological polar surface area (TPSA) is 68.3 Å². The number of aryl methyl sites for hydroxylation is 1. The highest BCUT2D eigenvalue weighted by Gasteiger charge is 2.41. The van der Waals surface area contributed by atoms with Gasteiger partial charge in [0.25, 0.3) is 5.24 Å². The lowest BCUT2D eigenvalue weighted by molar-refractivity contribution is -0.142. The Morgan fingerprint density at radius 2 is 1.77 bits per heavy atom. The van der Waals surface area contributed by atoms with Crippen LogP contribution in [0.25, 0.3) is 10.9 Å². The van der Waals surface area contributed by atoms with Crippen LogP contribution in [0.15, 0.2) is 42.5 Å². The van der Waals surface area contributed by atoms with Crippen molar-refractivity contribution in [1.82, 2.24) is 10.3 Å². The van der Waals surface area contributed by atoms with Gasteiger partial charge in [-0.05, 0) is 48.2 Å². The summed E-state index contributed by atoms with van der Waals surface area (Å²) in [4.78, 5) is 26.9. The number of alkyl halides is 6. The van der Waals surface area contributed by atoms with Gasteiger partial charge in [0.1, 0.15) is 22.4 Å². The van der Waals surface area contributed by atoms with Gasteiger partial charge in [-0.2, -0.15) is 26.3 Å². The number of para-hydroxylation sites is 1. The van der Waals surface area contributed by atoms with Gasteiger partial charge in [0.2, 0.25) is 5.91 Å². The lowest BCUT2D eigenvalue weighted by Gasteiger charge is -2.17. The molecule has 1 unspecified atom stereocenters. The normalized spacial score (nSPS) is 20.3. The highest BCUT2D eigenvalue weighted by Crippen LogP contribution is 2.45. The molecule has 1 aliphatic carbocycles. The average molecular weight is 512 g/mol. The van der Waals surface area contributed by atoms with E-state index in [0.29, 0.717) is 25.0 Å². The molecule has 0 bridgehead atoms.